The van der Waals surface area contributed by atoms with Crippen LogP contribution in [0.5, 0.6) is 0 Å². The smallest absolute Gasteiger partial charge is 0.251 e. The molecule has 1 aliphatic carbocycles. The highest BCUT2D eigenvalue weighted by molar-refractivity contribution is 9.10. The van der Waals surface area contributed by atoms with Crippen LogP contribution in [0.15, 0.2) is 22.9 Å². The van der Waals surface area contributed by atoms with E-state index >= 15 is 0 Å². The first-order valence-corrected chi connectivity index (χ1v) is 5.86. The molecule has 0 radical (unpaired) electrons. The van der Waals surface area contributed by atoms with Gasteiger partial charge in [-0.15, -0.1) is 0 Å². The number of amides is 1. The van der Waals surface area contributed by atoms with E-state index in [1.54, 1.807) is 18.3 Å². The van der Waals surface area contributed by atoms with Crippen LogP contribution in [0, 0.1) is 11.8 Å². The number of rotatable bonds is 3. The first-order chi connectivity index (χ1) is 7.16. The number of carbonyl (C=O) groups excluding carboxylic acids is 1. The number of hydrogen-bond acceptors (Lipinski definition) is 2. The molecule has 1 aromatic heterocycles. The summed E-state index contributed by atoms with van der Waals surface area (Å²) in [5.41, 5.74) is 0.658. The topological polar surface area (TPSA) is 42.0 Å². The third-order valence-corrected chi connectivity index (χ3v) is 3.22. The summed E-state index contributed by atoms with van der Waals surface area (Å²) in [4.78, 5) is 15.7. The average Bonchev–Trinajstić information content (AvgIpc) is 2.91. The second-order valence-corrected chi connectivity index (χ2v) is 4.86. The van der Waals surface area contributed by atoms with Gasteiger partial charge in [0.25, 0.3) is 5.91 Å². The number of hydrogen-bond donors (Lipinski definition) is 1. The van der Waals surface area contributed by atoms with Crippen LogP contribution < -0.4 is 5.32 Å². The molecule has 4 heteroatoms. The molecule has 0 spiro atoms. The van der Waals surface area contributed by atoms with E-state index in [1.807, 2.05) is 0 Å². The maximum Gasteiger partial charge on any atom is 0.251 e. The average molecular weight is 269 g/mol. The van der Waals surface area contributed by atoms with Crippen LogP contribution in [-0.4, -0.2) is 17.4 Å². The summed E-state index contributed by atoms with van der Waals surface area (Å²) in [6.07, 6.45) is 2.86. The van der Waals surface area contributed by atoms with E-state index in [0.717, 1.165) is 12.5 Å². The number of halogens is 1. The van der Waals surface area contributed by atoms with Crippen molar-refractivity contribution in [3.05, 3.63) is 28.5 Å². The Kier molecular flexibility index (Phi) is 3.05. The fourth-order valence-electron chi connectivity index (χ4n) is 1.55. The van der Waals surface area contributed by atoms with Crippen molar-refractivity contribution in [2.45, 2.75) is 13.3 Å². The molecular formula is C11H13BrN2O. The Labute approximate surface area is 97.4 Å². The zero-order chi connectivity index (χ0) is 10.8. The molecule has 80 valence electrons. The molecule has 1 fully saturated rings. The second-order valence-electron chi connectivity index (χ2n) is 4.05. The Hall–Kier alpha value is -0.900. The largest absolute Gasteiger partial charge is 0.352 e. The standard InChI is InChI=1S/C11H13BrN2O/c1-7-4-9(7)6-14-11(15)8-2-3-13-10(12)5-8/h2-3,5,7,9H,4,6H2,1H3,(H,14,15). The molecule has 2 unspecified atom stereocenters. The maximum absolute atomic E-state index is 11.7. The molecule has 0 aromatic carbocycles. The molecule has 2 rings (SSSR count). The monoisotopic (exact) mass is 268 g/mol. The number of aromatic nitrogens is 1. The van der Waals surface area contributed by atoms with Gasteiger partial charge < -0.3 is 5.32 Å². The molecule has 0 aliphatic heterocycles. The van der Waals surface area contributed by atoms with Crippen LogP contribution >= 0.6 is 15.9 Å². The highest BCUT2D eigenvalue weighted by Gasteiger charge is 2.32. The second kappa shape index (κ2) is 4.31. The van der Waals surface area contributed by atoms with E-state index in [9.17, 15) is 4.79 Å². The first kappa shape index (κ1) is 10.6. The molecule has 1 amide bonds. The van der Waals surface area contributed by atoms with E-state index in [0.29, 0.717) is 16.1 Å². The minimum atomic E-state index is -0.0165. The summed E-state index contributed by atoms with van der Waals surface area (Å²) in [7, 11) is 0. The number of nitrogens with one attached hydrogen (secondary N) is 1. The summed E-state index contributed by atoms with van der Waals surface area (Å²) in [5.74, 6) is 1.44. The van der Waals surface area contributed by atoms with Crippen molar-refractivity contribution in [1.29, 1.82) is 0 Å². The lowest BCUT2D eigenvalue weighted by molar-refractivity contribution is 0.0951. The van der Waals surface area contributed by atoms with Gasteiger partial charge in [0, 0.05) is 18.3 Å². The van der Waals surface area contributed by atoms with E-state index in [4.69, 9.17) is 0 Å². The van der Waals surface area contributed by atoms with E-state index < -0.39 is 0 Å². The SMILES string of the molecule is CC1CC1CNC(=O)c1ccnc(Br)c1. The first-order valence-electron chi connectivity index (χ1n) is 5.06. The van der Waals surface area contributed by atoms with Gasteiger partial charge >= 0.3 is 0 Å². The van der Waals surface area contributed by atoms with Crippen LogP contribution in [0.4, 0.5) is 0 Å². The lowest BCUT2D eigenvalue weighted by Crippen LogP contribution is -2.25. The fraction of sp³-hybridized carbons (Fsp3) is 0.455. The van der Waals surface area contributed by atoms with Gasteiger partial charge in [-0.05, 0) is 46.3 Å². The third-order valence-electron chi connectivity index (χ3n) is 2.79. The Morgan fingerprint density at radius 1 is 1.73 bits per heavy atom. The number of pyridine rings is 1. The van der Waals surface area contributed by atoms with Gasteiger partial charge in [0.15, 0.2) is 0 Å². The predicted molar refractivity (Wildman–Crippen MR) is 61.5 cm³/mol. The molecule has 15 heavy (non-hydrogen) atoms. The molecule has 1 aliphatic rings. The third kappa shape index (κ3) is 2.78. The molecule has 1 aromatic rings. The van der Waals surface area contributed by atoms with Gasteiger partial charge in [-0.2, -0.15) is 0 Å². The quantitative estimate of drug-likeness (QED) is 0.855. The van der Waals surface area contributed by atoms with Crippen LogP contribution in [0.25, 0.3) is 0 Å². The summed E-state index contributed by atoms with van der Waals surface area (Å²) in [6.45, 7) is 3.00. The Bertz CT molecular complexity index is 381. The van der Waals surface area contributed by atoms with Gasteiger partial charge in [0.1, 0.15) is 4.60 Å². The number of nitrogens with zero attached hydrogens (tertiary/aromatic N) is 1. The summed E-state index contributed by atoms with van der Waals surface area (Å²) < 4.78 is 0.690. The van der Waals surface area contributed by atoms with Crippen molar-refractivity contribution in [1.82, 2.24) is 10.3 Å². The van der Waals surface area contributed by atoms with Gasteiger partial charge in [0.2, 0.25) is 0 Å². The number of carbonyl (C=O) groups is 1. The normalized spacial score (nSPS) is 23.6. The Morgan fingerprint density at radius 3 is 3.07 bits per heavy atom. The van der Waals surface area contributed by atoms with Gasteiger partial charge in [-0.25, -0.2) is 4.98 Å². The molecule has 0 bridgehead atoms. The molecule has 1 saturated carbocycles. The Balaban J connectivity index is 1.90. The van der Waals surface area contributed by atoms with Gasteiger partial charge in [-0.3, -0.25) is 4.79 Å². The van der Waals surface area contributed by atoms with Gasteiger partial charge in [-0.1, -0.05) is 6.92 Å². The van der Waals surface area contributed by atoms with Crippen molar-refractivity contribution in [3.8, 4) is 0 Å². The van der Waals surface area contributed by atoms with E-state index in [2.05, 4.69) is 33.2 Å². The molecule has 2 atom stereocenters. The van der Waals surface area contributed by atoms with Crippen LogP contribution in [0.2, 0.25) is 0 Å². The highest BCUT2D eigenvalue weighted by atomic mass is 79.9. The predicted octanol–water partition coefficient (Wildman–Crippen LogP) is 2.23. The highest BCUT2D eigenvalue weighted by Crippen LogP contribution is 2.36. The van der Waals surface area contributed by atoms with Crippen molar-refractivity contribution < 1.29 is 4.79 Å². The minimum Gasteiger partial charge on any atom is -0.352 e. The van der Waals surface area contributed by atoms with Crippen LogP contribution in [0.3, 0.4) is 0 Å². The van der Waals surface area contributed by atoms with Crippen molar-refractivity contribution >= 4 is 21.8 Å². The molecule has 3 nitrogen and oxygen atoms in total. The summed E-state index contributed by atoms with van der Waals surface area (Å²) in [5, 5.41) is 2.93. The van der Waals surface area contributed by atoms with E-state index in [-0.39, 0.29) is 5.91 Å². The molecule has 0 saturated heterocycles. The Morgan fingerprint density at radius 2 is 2.47 bits per heavy atom. The van der Waals surface area contributed by atoms with Crippen LogP contribution in [-0.2, 0) is 0 Å². The summed E-state index contributed by atoms with van der Waals surface area (Å²) >= 11 is 3.24. The van der Waals surface area contributed by atoms with Crippen LogP contribution in [0.1, 0.15) is 23.7 Å². The van der Waals surface area contributed by atoms with Crippen molar-refractivity contribution in [2.24, 2.45) is 11.8 Å². The molecule has 1 N–H and O–H groups in total. The molecule has 1 heterocycles. The van der Waals surface area contributed by atoms with Crippen molar-refractivity contribution in [3.63, 3.8) is 0 Å². The zero-order valence-electron chi connectivity index (χ0n) is 8.53. The lowest BCUT2D eigenvalue weighted by atomic mass is 10.2. The molecular weight excluding hydrogens is 256 g/mol. The van der Waals surface area contributed by atoms with Gasteiger partial charge in [0.05, 0.1) is 0 Å². The minimum absolute atomic E-state index is 0.0165. The van der Waals surface area contributed by atoms with E-state index in [1.165, 1.54) is 6.42 Å². The van der Waals surface area contributed by atoms with Crippen molar-refractivity contribution in [2.75, 3.05) is 6.54 Å². The maximum atomic E-state index is 11.7. The fourth-order valence-corrected chi connectivity index (χ4v) is 1.92. The zero-order valence-corrected chi connectivity index (χ0v) is 10.1. The summed E-state index contributed by atoms with van der Waals surface area (Å²) in [6, 6.07) is 3.45. The lowest BCUT2D eigenvalue weighted by Gasteiger charge is -2.04.